The fourth-order valence-electron chi connectivity index (χ4n) is 3.74. The average Bonchev–Trinajstić information content (AvgIpc) is 3.13. The molecule has 2 N–H and O–H groups in total. The van der Waals surface area contributed by atoms with Crippen LogP contribution >= 0.6 is 23.4 Å². The molecule has 1 amide bonds. The molecule has 0 aliphatic heterocycles. The molecule has 2 aromatic carbocycles. The van der Waals surface area contributed by atoms with Crippen molar-refractivity contribution in [2.75, 3.05) is 5.32 Å². The van der Waals surface area contributed by atoms with Crippen molar-refractivity contribution in [3.63, 3.8) is 0 Å². The van der Waals surface area contributed by atoms with Gasteiger partial charge < -0.3 is 15.0 Å². The third-order valence-corrected chi connectivity index (χ3v) is 7.39. The van der Waals surface area contributed by atoms with E-state index in [9.17, 15) is 14.7 Å². The van der Waals surface area contributed by atoms with Crippen molar-refractivity contribution in [1.29, 1.82) is 0 Å². The minimum atomic E-state index is -0.932. The smallest absolute Gasteiger partial charge is 0.319 e. The number of imidazole rings is 1. The van der Waals surface area contributed by atoms with Gasteiger partial charge in [-0.1, -0.05) is 55.6 Å². The van der Waals surface area contributed by atoms with Crippen LogP contribution in [0.1, 0.15) is 61.8 Å². The van der Waals surface area contributed by atoms with Gasteiger partial charge in [0.05, 0.1) is 10.7 Å². The number of nitrogens with one attached hydrogen (secondary N) is 1. The Labute approximate surface area is 216 Å². The molecule has 1 aromatic heterocycles. The number of amides is 1. The zero-order valence-electron chi connectivity index (χ0n) is 20.8. The van der Waals surface area contributed by atoms with Gasteiger partial charge in [0.2, 0.25) is 0 Å². The molecular formula is C27H32ClN3O3S. The average molecular weight is 514 g/mol. The van der Waals surface area contributed by atoms with Gasteiger partial charge in [0.15, 0.2) is 0 Å². The number of aliphatic carboxylic acids is 1. The van der Waals surface area contributed by atoms with Gasteiger partial charge in [0, 0.05) is 22.7 Å². The quantitative estimate of drug-likeness (QED) is 0.221. The lowest BCUT2D eigenvalue weighted by Crippen LogP contribution is -2.26. The largest absolute Gasteiger partial charge is 0.480 e. The van der Waals surface area contributed by atoms with E-state index in [1.807, 2.05) is 50.2 Å². The molecule has 0 saturated carbocycles. The third kappa shape index (κ3) is 6.27. The number of halogens is 1. The molecule has 0 aliphatic carbocycles. The number of para-hydroxylation sites is 1. The van der Waals surface area contributed by atoms with E-state index in [0.29, 0.717) is 22.2 Å². The summed E-state index contributed by atoms with van der Waals surface area (Å²) in [6.45, 7) is 10.1. The highest BCUT2D eigenvalue weighted by molar-refractivity contribution is 8.01. The highest BCUT2D eigenvalue weighted by Crippen LogP contribution is 2.34. The van der Waals surface area contributed by atoms with Crippen molar-refractivity contribution in [2.45, 2.75) is 70.1 Å². The molecule has 0 unspecified atom stereocenters. The van der Waals surface area contributed by atoms with Crippen molar-refractivity contribution in [3.05, 3.63) is 64.4 Å². The first-order valence-electron chi connectivity index (χ1n) is 11.7. The molecule has 35 heavy (non-hydrogen) atoms. The van der Waals surface area contributed by atoms with Gasteiger partial charge in [-0.3, -0.25) is 9.59 Å². The van der Waals surface area contributed by atoms with Crippen LogP contribution in [0.25, 0.3) is 11.4 Å². The number of carbonyl (C=O) groups is 2. The topological polar surface area (TPSA) is 84.2 Å². The lowest BCUT2D eigenvalue weighted by molar-refractivity contribution is -0.138. The van der Waals surface area contributed by atoms with E-state index in [4.69, 9.17) is 16.6 Å². The number of rotatable bonds is 10. The van der Waals surface area contributed by atoms with Gasteiger partial charge in [-0.2, -0.15) is 0 Å². The zero-order chi connectivity index (χ0) is 25.8. The number of anilines is 1. The monoisotopic (exact) mass is 513 g/mol. The molecule has 3 aromatic rings. The Balaban J connectivity index is 1.95. The molecule has 186 valence electrons. The molecular weight excluding hydrogens is 482 g/mol. The number of aromatic nitrogens is 2. The lowest BCUT2D eigenvalue weighted by Gasteiger charge is -2.18. The van der Waals surface area contributed by atoms with Crippen LogP contribution in [-0.4, -0.2) is 31.3 Å². The highest BCUT2D eigenvalue weighted by atomic mass is 35.5. The number of carbonyl (C=O) groups excluding carboxylic acids is 1. The van der Waals surface area contributed by atoms with Gasteiger partial charge in [0.25, 0.3) is 5.91 Å². The first-order chi connectivity index (χ1) is 16.5. The number of hydrogen-bond acceptors (Lipinski definition) is 4. The summed E-state index contributed by atoms with van der Waals surface area (Å²) in [5.74, 6) is -0.448. The van der Waals surface area contributed by atoms with Crippen LogP contribution in [-0.2, 0) is 11.3 Å². The summed E-state index contributed by atoms with van der Waals surface area (Å²) in [6, 6.07) is 13.1. The van der Waals surface area contributed by atoms with Gasteiger partial charge >= 0.3 is 5.97 Å². The van der Waals surface area contributed by atoms with E-state index < -0.39 is 10.7 Å². The van der Waals surface area contributed by atoms with E-state index in [-0.39, 0.29) is 5.91 Å². The summed E-state index contributed by atoms with van der Waals surface area (Å²) in [7, 11) is 0. The summed E-state index contributed by atoms with van der Waals surface area (Å²) in [5, 5.41) is 12.8. The third-order valence-electron chi connectivity index (χ3n) is 5.88. The number of carboxylic acid groups (broad SMARTS) is 1. The van der Waals surface area contributed by atoms with Crippen LogP contribution in [0.5, 0.6) is 0 Å². The molecule has 0 radical (unpaired) electrons. The van der Waals surface area contributed by atoms with E-state index in [0.717, 1.165) is 47.5 Å². The Hall–Kier alpha value is -2.77. The van der Waals surface area contributed by atoms with E-state index in [1.165, 1.54) is 11.8 Å². The first-order valence-corrected chi connectivity index (χ1v) is 12.9. The van der Waals surface area contributed by atoms with Crippen molar-refractivity contribution >= 4 is 40.9 Å². The SMILES string of the molecule is CCCCCn1c(-c2ccc(SC(C)(C)C(=O)O)cc2)nc(C(=O)Nc2c(C)cccc2Cl)c1C. The molecule has 0 fully saturated rings. The second kappa shape index (κ2) is 11.3. The number of nitrogens with zero attached hydrogens (tertiary/aromatic N) is 2. The molecule has 1 heterocycles. The number of aryl methyl sites for hydroxylation is 1. The van der Waals surface area contributed by atoms with E-state index in [2.05, 4.69) is 16.8 Å². The maximum Gasteiger partial charge on any atom is 0.319 e. The number of unbranched alkanes of at least 4 members (excludes halogenated alkanes) is 2. The van der Waals surface area contributed by atoms with Gasteiger partial charge in [0.1, 0.15) is 16.3 Å². The molecule has 0 saturated heterocycles. The van der Waals surface area contributed by atoms with Crippen molar-refractivity contribution in [2.24, 2.45) is 0 Å². The van der Waals surface area contributed by atoms with E-state index in [1.54, 1.807) is 19.9 Å². The predicted molar refractivity (Wildman–Crippen MR) is 144 cm³/mol. The van der Waals surface area contributed by atoms with Crippen LogP contribution in [0.4, 0.5) is 5.69 Å². The molecule has 6 nitrogen and oxygen atoms in total. The standard InChI is InChI=1S/C27H32ClN3O3S/c1-6-7-8-16-31-18(3)23(25(32)30-22-17(2)10-9-11-21(22)28)29-24(31)19-12-14-20(15-13-19)35-27(4,5)26(33)34/h9-15H,6-8,16H2,1-5H3,(H,30,32)(H,33,34). The fourth-order valence-corrected chi connectivity index (χ4v) is 4.95. The van der Waals surface area contributed by atoms with Crippen LogP contribution in [0.3, 0.4) is 0 Å². The highest BCUT2D eigenvalue weighted by Gasteiger charge is 2.28. The maximum absolute atomic E-state index is 13.2. The first kappa shape index (κ1) is 26.8. The summed E-state index contributed by atoms with van der Waals surface area (Å²) < 4.78 is 1.16. The van der Waals surface area contributed by atoms with Gasteiger partial charge in [-0.25, -0.2) is 4.98 Å². The minimum Gasteiger partial charge on any atom is -0.480 e. The van der Waals surface area contributed by atoms with Crippen molar-refractivity contribution in [1.82, 2.24) is 9.55 Å². The van der Waals surface area contributed by atoms with Crippen LogP contribution in [0, 0.1) is 13.8 Å². The molecule has 8 heteroatoms. The predicted octanol–water partition coefficient (Wildman–Crippen LogP) is 7.22. The Morgan fingerprint density at radius 3 is 2.40 bits per heavy atom. The maximum atomic E-state index is 13.2. The molecule has 0 aliphatic rings. The van der Waals surface area contributed by atoms with Crippen LogP contribution in [0.2, 0.25) is 5.02 Å². The summed E-state index contributed by atoms with van der Waals surface area (Å²) in [4.78, 5) is 30.3. The molecule has 0 atom stereocenters. The Morgan fingerprint density at radius 1 is 1.11 bits per heavy atom. The number of benzene rings is 2. The van der Waals surface area contributed by atoms with Crippen LogP contribution < -0.4 is 5.32 Å². The van der Waals surface area contributed by atoms with Gasteiger partial charge in [-0.05, 0) is 57.9 Å². The number of carboxylic acids is 1. The summed E-state index contributed by atoms with van der Waals surface area (Å²) in [5.41, 5.74) is 3.49. The van der Waals surface area contributed by atoms with Gasteiger partial charge in [-0.15, -0.1) is 11.8 Å². The summed E-state index contributed by atoms with van der Waals surface area (Å²) in [6.07, 6.45) is 3.15. The summed E-state index contributed by atoms with van der Waals surface area (Å²) >= 11 is 7.61. The Bertz CT molecular complexity index is 1200. The fraction of sp³-hybridized carbons (Fsp3) is 0.370. The molecule has 0 spiro atoms. The normalized spacial score (nSPS) is 11.5. The number of thioether (sulfide) groups is 1. The van der Waals surface area contributed by atoms with Crippen molar-refractivity contribution in [3.8, 4) is 11.4 Å². The van der Waals surface area contributed by atoms with Crippen molar-refractivity contribution < 1.29 is 14.7 Å². The number of hydrogen-bond donors (Lipinski definition) is 2. The minimum absolute atomic E-state index is 0.301. The Kier molecular flexibility index (Phi) is 8.67. The second-order valence-corrected chi connectivity index (χ2v) is 11.2. The molecule has 3 rings (SSSR count). The second-order valence-electron chi connectivity index (χ2n) is 9.06. The lowest BCUT2D eigenvalue weighted by atomic mass is 10.2. The van der Waals surface area contributed by atoms with Crippen LogP contribution in [0.15, 0.2) is 47.4 Å². The van der Waals surface area contributed by atoms with E-state index >= 15 is 0 Å². The Morgan fingerprint density at radius 2 is 1.80 bits per heavy atom. The zero-order valence-corrected chi connectivity index (χ0v) is 22.4. The molecule has 0 bridgehead atoms.